The summed E-state index contributed by atoms with van der Waals surface area (Å²) in [7, 11) is 0. The molecule has 0 atom stereocenters. The summed E-state index contributed by atoms with van der Waals surface area (Å²) in [4.78, 5) is 23.6. The molecule has 1 saturated heterocycles. The molecule has 1 aliphatic heterocycles. The molecule has 0 spiro atoms. The summed E-state index contributed by atoms with van der Waals surface area (Å²) in [5.74, 6) is 1.43. The molecule has 1 fully saturated rings. The number of hydrogen-bond acceptors (Lipinski definition) is 6. The van der Waals surface area contributed by atoms with Crippen LogP contribution in [0.5, 0.6) is 0 Å². The maximum absolute atomic E-state index is 12.5. The molecule has 0 unspecified atom stereocenters. The van der Waals surface area contributed by atoms with Gasteiger partial charge in [-0.05, 0) is 31.4 Å². The van der Waals surface area contributed by atoms with Gasteiger partial charge in [0.25, 0.3) is 0 Å². The fourth-order valence-electron chi connectivity index (χ4n) is 3.15. The van der Waals surface area contributed by atoms with Gasteiger partial charge in [-0.1, -0.05) is 36.4 Å². The van der Waals surface area contributed by atoms with Crippen LogP contribution in [-0.4, -0.2) is 33.3 Å². The average molecular weight is 379 g/mol. The van der Waals surface area contributed by atoms with Crippen LogP contribution in [0.1, 0.15) is 18.4 Å². The van der Waals surface area contributed by atoms with Crippen LogP contribution in [0.3, 0.4) is 0 Å². The minimum absolute atomic E-state index is 0.00543. The zero-order chi connectivity index (χ0) is 18.6. The summed E-state index contributed by atoms with van der Waals surface area (Å²) >= 11 is 1.42. The summed E-state index contributed by atoms with van der Waals surface area (Å²) in [6.45, 7) is 3.59. The number of piperidine rings is 1. The minimum Gasteiger partial charge on any atom is -0.347 e. The van der Waals surface area contributed by atoms with Gasteiger partial charge < -0.3 is 10.2 Å². The lowest BCUT2D eigenvalue weighted by atomic mass is 9.96. The molecule has 1 aliphatic rings. The molecule has 0 aliphatic carbocycles. The first kappa shape index (κ1) is 17.6. The van der Waals surface area contributed by atoms with Crippen molar-refractivity contribution < 1.29 is 4.79 Å². The molecular formula is C20H21N5OS. The highest BCUT2D eigenvalue weighted by Crippen LogP contribution is 2.28. The van der Waals surface area contributed by atoms with E-state index in [9.17, 15) is 4.79 Å². The van der Waals surface area contributed by atoms with Gasteiger partial charge in [0.2, 0.25) is 11.0 Å². The second-order valence-electron chi connectivity index (χ2n) is 6.74. The molecule has 3 aromatic rings. The molecule has 2 aromatic heterocycles. The molecule has 3 heterocycles. The maximum Gasteiger partial charge on any atom is 0.228 e. The van der Waals surface area contributed by atoms with Gasteiger partial charge in [0.15, 0.2) is 5.82 Å². The zero-order valence-electron chi connectivity index (χ0n) is 15.1. The second-order valence-corrected chi connectivity index (χ2v) is 7.47. The van der Waals surface area contributed by atoms with Crippen LogP contribution >= 0.6 is 11.5 Å². The van der Waals surface area contributed by atoms with Crippen molar-refractivity contribution in [2.75, 3.05) is 23.3 Å². The highest BCUT2D eigenvalue weighted by molar-refractivity contribution is 7.09. The second kappa shape index (κ2) is 7.84. The number of benzene rings is 1. The number of aryl methyl sites for hydroxylation is 1. The number of carbonyl (C=O) groups excluding carboxylic acids is 1. The number of aromatic nitrogens is 3. The molecule has 1 amide bonds. The Morgan fingerprint density at radius 3 is 2.63 bits per heavy atom. The zero-order valence-corrected chi connectivity index (χ0v) is 15.9. The molecular weight excluding hydrogens is 358 g/mol. The normalized spacial score (nSPS) is 14.9. The molecule has 6 nitrogen and oxygen atoms in total. The number of carbonyl (C=O) groups is 1. The van der Waals surface area contributed by atoms with E-state index in [4.69, 9.17) is 0 Å². The largest absolute Gasteiger partial charge is 0.347 e. The first-order valence-corrected chi connectivity index (χ1v) is 9.84. The van der Waals surface area contributed by atoms with E-state index in [1.165, 1.54) is 11.5 Å². The quantitative estimate of drug-likeness (QED) is 0.747. The van der Waals surface area contributed by atoms with Crippen LogP contribution in [-0.2, 0) is 4.79 Å². The Labute approximate surface area is 162 Å². The Morgan fingerprint density at radius 2 is 1.93 bits per heavy atom. The lowest BCUT2D eigenvalue weighted by molar-refractivity contribution is -0.120. The molecule has 1 N–H and O–H groups in total. The van der Waals surface area contributed by atoms with Gasteiger partial charge in [0, 0.05) is 42.3 Å². The average Bonchev–Trinajstić information content (AvgIpc) is 3.21. The number of rotatable bonds is 4. The standard InChI is InChI=1S/C20H21N5OS/c1-14-7-8-17(21-13-14)22-19(26)16-9-11-25(12-10-16)20-23-18(24-27-20)15-5-3-2-4-6-15/h2-8,13,16H,9-12H2,1H3,(H,21,22,26). The van der Waals surface area contributed by atoms with E-state index in [1.807, 2.05) is 49.4 Å². The SMILES string of the molecule is Cc1ccc(NC(=O)C2CCN(c3nc(-c4ccccc4)ns3)CC2)nc1. The van der Waals surface area contributed by atoms with Crippen LogP contribution < -0.4 is 10.2 Å². The Bertz CT molecular complexity index is 902. The van der Waals surface area contributed by atoms with Crippen LogP contribution in [0.25, 0.3) is 11.4 Å². The summed E-state index contributed by atoms with van der Waals surface area (Å²) in [6, 6.07) is 13.8. The lowest BCUT2D eigenvalue weighted by Crippen LogP contribution is -2.38. The van der Waals surface area contributed by atoms with Crippen molar-refractivity contribution in [1.82, 2.24) is 14.3 Å². The van der Waals surface area contributed by atoms with E-state index in [2.05, 4.69) is 24.6 Å². The minimum atomic E-state index is 0.00543. The maximum atomic E-state index is 12.5. The molecule has 0 radical (unpaired) electrons. The van der Waals surface area contributed by atoms with Crippen molar-refractivity contribution in [3.8, 4) is 11.4 Å². The topological polar surface area (TPSA) is 71.0 Å². The highest BCUT2D eigenvalue weighted by atomic mass is 32.1. The summed E-state index contributed by atoms with van der Waals surface area (Å²) in [5, 5.41) is 3.85. The lowest BCUT2D eigenvalue weighted by Gasteiger charge is -2.30. The summed E-state index contributed by atoms with van der Waals surface area (Å²) in [6.07, 6.45) is 3.37. The van der Waals surface area contributed by atoms with Gasteiger partial charge in [-0.25, -0.2) is 4.98 Å². The third-order valence-electron chi connectivity index (χ3n) is 4.75. The fourth-order valence-corrected chi connectivity index (χ4v) is 3.89. The molecule has 4 rings (SSSR count). The third kappa shape index (κ3) is 4.14. The van der Waals surface area contributed by atoms with E-state index >= 15 is 0 Å². The van der Waals surface area contributed by atoms with Gasteiger partial charge in [-0.15, -0.1) is 0 Å². The third-order valence-corrected chi connectivity index (χ3v) is 5.52. The Balaban J connectivity index is 1.34. The van der Waals surface area contributed by atoms with Gasteiger partial charge in [-0.3, -0.25) is 4.79 Å². The molecule has 0 bridgehead atoms. The van der Waals surface area contributed by atoms with Crippen LogP contribution in [0, 0.1) is 12.8 Å². The molecule has 0 saturated carbocycles. The van der Waals surface area contributed by atoms with E-state index in [0.29, 0.717) is 5.82 Å². The van der Waals surface area contributed by atoms with Gasteiger partial charge in [0.1, 0.15) is 5.82 Å². The van der Waals surface area contributed by atoms with E-state index < -0.39 is 0 Å². The van der Waals surface area contributed by atoms with E-state index in [1.54, 1.807) is 6.20 Å². The van der Waals surface area contributed by atoms with E-state index in [-0.39, 0.29) is 11.8 Å². The number of amides is 1. The monoisotopic (exact) mass is 379 g/mol. The number of pyridine rings is 1. The predicted octanol–water partition coefficient (Wildman–Crippen LogP) is 3.76. The van der Waals surface area contributed by atoms with E-state index in [0.717, 1.165) is 48.0 Å². The van der Waals surface area contributed by atoms with Crippen LogP contribution in [0.4, 0.5) is 10.9 Å². The van der Waals surface area contributed by atoms with Gasteiger partial charge in [0.05, 0.1) is 0 Å². The molecule has 7 heteroatoms. The van der Waals surface area contributed by atoms with Crippen molar-refractivity contribution >= 4 is 28.4 Å². The number of hydrogen-bond donors (Lipinski definition) is 1. The Morgan fingerprint density at radius 1 is 1.15 bits per heavy atom. The van der Waals surface area contributed by atoms with Crippen LogP contribution in [0.15, 0.2) is 48.7 Å². The van der Waals surface area contributed by atoms with Crippen molar-refractivity contribution in [1.29, 1.82) is 0 Å². The number of nitrogens with one attached hydrogen (secondary N) is 1. The number of nitrogens with zero attached hydrogens (tertiary/aromatic N) is 4. The smallest absolute Gasteiger partial charge is 0.228 e. The summed E-state index contributed by atoms with van der Waals surface area (Å²) < 4.78 is 4.48. The highest BCUT2D eigenvalue weighted by Gasteiger charge is 2.27. The van der Waals surface area contributed by atoms with Gasteiger partial charge in [-0.2, -0.15) is 9.36 Å². The van der Waals surface area contributed by atoms with Crippen molar-refractivity contribution in [2.24, 2.45) is 5.92 Å². The van der Waals surface area contributed by atoms with Crippen molar-refractivity contribution in [2.45, 2.75) is 19.8 Å². The molecule has 27 heavy (non-hydrogen) atoms. The van der Waals surface area contributed by atoms with Crippen molar-refractivity contribution in [3.05, 3.63) is 54.2 Å². The first-order valence-electron chi connectivity index (χ1n) is 9.06. The van der Waals surface area contributed by atoms with Crippen molar-refractivity contribution in [3.63, 3.8) is 0 Å². The van der Waals surface area contributed by atoms with Gasteiger partial charge >= 0.3 is 0 Å². The number of anilines is 2. The Kier molecular flexibility index (Phi) is 5.11. The fraction of sp³-hybridized carbons (Fsp3) is 0.300. The molecule has 138 valence electrons. The van der Waals surface area contributed by atoms with Crippen LogP contribution in [0.2, 0.25) is 0 Å². The first-order chi connectivity index (χ1) is 13.2. The summed E-state index contributed by atoms with van der Waals surface area (Å²) in [5.41, 5.74) is 2.10. The molecule has 1 aromatic carbocycles. The predicted molar refractivity (Wildman–Crippen MR) is 108 cm³/mol. The Hall–Kier alpha value is -2.80.